The van der Waals surface area contributed by atoms with Gasteiger partial charge in [0.15, 0.2) is 0 Å². The fraction of sp³-hybridized carbons (Fsp3) is 0.429. The second-order valence-electron chi connectivity index (χ2n) is 5.27. The molecule has 2 bridgehead atoms. The average molecular weight is 251 g/mol. The number of fused-ring (bicyclic) bond motifs is 3. The largest absolute Gasteiger partial charge is 0.116 e. The molecule has 1 saturated carbocycles. The summed E-state index contributed by atoms with van der Waals surface area (Å²) in [5.41, 5.74) is 3.33. The van der Waals surface area contributed by atoms with E-state index < -0.39 is 0 Å². The van der Waals surface area contributed by atoms with Crippen LogP contribution in [-0.4, -0.2) is 5.38 Å². The summed E-state index contributed by atoms with van der Waals surface area (Å²) in [5, 5.41) is 0.842. The SMILES string of the molecule is ClC1=C[C@H]2c3ccccc3[C@@H]([C@H]1Cl)C21CC1. The van der Waals surface area contributed by atoms with Crippen molar-refractivity contribution in [2.75, 3.05) is 0 Å². The third-order valence-electron chi connectivity index (χ3n) is 4.61. The minimum atomic E-state index is -0.0101. The second-order valence-corrected chi connectivity index (χ2v) is 6.18. The molecule has 1 fully saturated rings. The Morgan fingerprint density at radius 1 is 1.12 bits per heavy atom. The Morgan fingerprint density at radius 3 is 2.50 bits per heavy atom. The Bertz CT molecular complexity index is 499. The van der Waals surface area contributed by atoms with Gasteiger partial charge in [-0.3, -0.25) is 0 Å². The van der Waals surface area contributed by atoms with Crippen molar-refractivity contribution in [2.45, 2.75) is 30.1 Å². The van der Waals surface area contributed by atoms with E-state index in [1.807, 2.05) is 0 Å². The Labute approximate surface area is 105 Å². The molecule has 0 nitrogen and oxygen atoms in total. The van der Waals surface area contributed by atoms with Crippen LogP contribution >= 0.6 is 23.2 Å². The molecule has 0 radical (unpaired) electrons. The Balaban J connectivity index is 2.00. The van der Waals surface area contributed by atoms with E-state index >= 15 is 0 Å². The van der Waals surface area contributed by atoms with Gasteiger partial charge in [-0.1, -0.05) is 41.9 Å². The minimum Gasteiger partial charge on any atom is -0.116 e. The predicted molar refractivity (Wildman–Crippen MR) is 67.2 cm³/mol. The van der Waals surface area contributed by atoms with E-state index in [-0.39, 0.29) is 5.38 Å². The fourth-order valence-electron chi connectivity index (χ4n) is 3.77. The van der Waals surface area contributed by atoms with Crippen LogP contribution in [-0.2, 0) is 0 Å². The van der Waals surface area contributed by atoms with Crippen molar-refractivity contribution < 1.29 is 0 Å². The zero-order valence-corrected chi connectivity index (χ0v) is 10.3. The summed E-state index contributed by atoms with van der Waals surface area (Å²) < 4.78 is 0. The van der Waals surface area contributed by atoms with Gasteiger partial charge in [0.05, 0.1) is 5.38 Å². The highest BCUT2D eigenvalue weighted by atomic mass is 35.5. The lowest BCUT2D eigenvalue weighted by Crippen LogP contribution is -2.26. The van der Waals surface area contributed by atoms with E-state index in [4.69, 9.17) is 23.2 Å². The molecule has 0 heterocycles. The Morgan fingerprint density at radius 2 is 1.81 bits per heavy atom. The van der Waals surface area contributed by atoms with Gasteiger partial charge in [0.2, 0.25) is 0 Å². The van der Waals surface area contributed by atoms with E-state index in [1.165, 1.54) is 24.0 Å². The first-order valence-electron chi connectivity index (χ1n) is 5.84. The standard InChI is InChI=1S/C14H12Cl2/c15-11-7-10-8-3-1-2-4-9(8)12(13(11)16)14(10)5-6-14/h1-4,7,10,12-13H,5-6H2/t10-,12-,13-/m0/s1. The van der Waals surface area contributed by atoms with Gasteiger partial charge in [0.25, 0.3) is 0 Å². The van der Waals surface area contributed by atoms with Gasteiger partial charge in [0.1, 0.15) is 0 Å². The molecular formula is C14H12Cl2. The first-order valence-corrected chi connectivity index (χ1v) is 6.65. The van der Waals surface area contributed by atoms with Gasteiger partial charge in [-0.15, -0.1) is 11.6 Å². The highest BCUT2D eigenvalue weighted by Gasteiger charge is 2.63. The van der Waals surface area contributed by atoms with Gasteiger partial charge in [-0.25, -0.2) is 0 Å². The van der Waals surface area contributed by atoms with Gasteiger partial charge < -0.3 is 0 Å². The first-order chi connectivity index (χ1) is 7.74. The van der Waals surface area contributed by atoms with Crippen molar-refractivity contribution in [3.8, 4) is 0 Å². The number of halogens is 2. The number of hydrogen-bond acceptors (Lipinski definition) is 0. The predicted octanol–water partition coefficient (Wildman–Crippen LogP) is 4.39. The van der Waals surface area contributed by atoms with Crippen LogP contribution in [0.5, 0.6) is 0 Å². The molecule has 1 aromatic carbocycles. The van der Waals surface area contributed by atoms with Crippen LogP contribution in [0.4, 0.5) is 0 Å². The molecule has 0 aromatic heterocycles. The summed E-state index contributed by atoms with van der Waals surface area (Å²) in [6.07, 6.45) is 4.82. The summed E-state index contributed by atoms with van der Waals surface area (Å²) in [6.45, 7) is 0. The third kappa shape index (κ3) is 0.942. The van der Waals surface area contributed by atoms with Crippen LogP contribution in [0.2, 0.25) is 0 Å². The smallest absolute Gasteiger partial charge is 0.0763 e. The number of alkyl halides is 1. The van der Waals surface area contributed by atoms with Crippen molar-refractivity contribution in [2.24, 2.45) is 5.41 Å². The molecule has 0 aliphatic heterocycles. The topological polar surface area (TPSA) is 0 Å². The van der Waals surface area contributed by atoms with Crippen LogP contribution in [0.3, 0.4) is 0 Å². The molecule has 3 atom stereocenters. The Kier molecular flexibility index (Phi) is 1.71. The van der Waals surface area contributed by atoms with E-state index in [0.29, 0.717) is 17.3 Å². The normalized spacial score (nSPS) is 37.1. The number of benzene rings is 1. The number of hydrogen-bond donors (Lipinski definition) is 0. The molecule has 0 N–H and O–H groups in total. The third-order valence-corrected chi connectivity index (χ3v) is 5.57. The molecular weight excluding hydrogens is 239 g/mol. The molecule has 1 spiro atoms. The molecule has 16 heavy (non-hydrogen) atoms. The minimum absolute atomic E-state index is 0.0101. The summed E-state index contributed by atoms with van der Waals surface area (Å²) in [4.78, 5) is 0. The second kappa shape index (κ2) is 2.86. The highest BCUT2D eigenvalue weighted by molar-refractivity contribution is 6.38. The molecule has 2 heteroatoms. The zero-order valence-electron chi connectivity index (χ0n) is 8.79. The maximum Gasteiger partial charge on any atom is 0.0763 e. The maximum atomic E-state index is 6.51. The van der Waals surface area contributed by atoms with Gasteiger partial charge in [0, 0.05) is 16.9 Å². The van der Waals surface area contributed by atoms with Crippen LogP contribution in [0.1, 0.15) is 35.8 Å². The molecule has 82 valence electrons. The van der Waals surface area contributed by atoms with Gasteiger partial charge in [-0.2, -0.15) is 0 Å². The molecule has 0 amide bonds. The lowest BCUT2D eigenvalue weighted by atomic mass is 9.77. The van der Waals surface area contributed by atoms with Crippen LogP contribution in [0.25, 0.3) is 0 Å². The number of allylic oxidation sites excluding steroid dienone is 2. The van der Waals surface area contributed by atoms with Crippen molar-refractivity contribution >= 4 is 23.2 Å². The van der Waals surface area contributed by atoms with E-state index in [0.717, 1.165) is 5.03 Å². The molecule has 1 aromatic rings. The van der Waals surface area contributed by atoms with Crippen molar-refractivity contribution in [1.82, 2.24) is 0 Å². The lowest BCUT2D eigenvalue weighted by Gasteiger charge is -2.32. The summed E-state index contributed by atoms with van der Waals surface area (Å²) in [7, 11) is 0. The van der Waals surface area contributed by atoms with Crippen molar-refractivity contribution in [1.29, 1.82) is 0 Å². The van der Waals surface area contributed by atoms with Crippen molar-refractivity contribution in [3.05, 3.63) is 46.5 Å². The monoisotopic (exact) mass is 250 g/mol. The molecule has 3 aliphatic carbocycles. The fourth-order valence-corrected chi connectivity index (χ4v) is 4.48. The number of rotatable bonds is 0. The summed E-state index contributed by atoms with van der Waals surface area (Å²) in [6, 6.07) is 8.72. The van der Waals surface area contributed by atoms with Crippen LogP contribution in [0, 0.1) is 5.41 Å². The summed E-state index contributed by atoms with van der Waals surface area (Å²) in [5.74, 6) is 0.976. The molecule has 0 saturated heterocycles. The lowest BCUT2D eigenvalue weighted by molar-refractivity contribution is 0.388. The van der Waals surface area contributed by atoms with Crippen molar-refractivity contribution in [3.63, 3.8) is 0 Å². The molecule has 3 aliphatic rings. The van der Waals surface area contributed by atoms with E-state index in [1.54, 1.807) is 0 Å². The summed E-state index contributed by atoms with van der Waals surface area (Å²) >= 11 is 12.8. The molecule has 0 unspecified atom stereocenters. The van der Waals surface area contributed by atoms with Crippen LogP contribution < -0.4 is 0 Å². The van der Waals surface area contributed by atoms with E-state index in [2.05, 4.69) is 30.3 Å². The quantitative estimate of drug-likeness (QED) is 0.600. The highest BCUT2D eigenvalue weighted by Crippen LogP contribution is 2.73. The van der Waals surface area contributed by atoms with E-state index in [9.17, 15) is 0 Å². The average Bonchev–Trinajstić information content (AvgIpc) is 3.01. The maximum absolute atomic E-state index is 6.51. The zero-order chi connectivity index (χ0) is 10.9. The van der Waals surface area contributed by atoms with Crippen LogP contribution in [0.15, 0.2) is 35.4 Å². The first kappa shape index (κ1) is 9.56. The Hall–Kier alpha value is -0.460. The van der Waals surface area contributed by atoms with Gasteiger partial charge >= 0.3 is 0 Å². The molecule has 4 rings (SSSR count). The van der Waals surface area contributed by atoms with Gasteiger partial charge in [-0.05, 0) is 29.4 Å².